The van der Waals surface area contributed by atoms with Gasteiger partial charge < -0.3 is 0 Å². The minimum atomic E-state index is -0.291. The molecular weight excluding hydrogens is 168 g/mol. The molecule has 13 heavy (non-hydrogen) atoms. The Morgan fingerprint density at radius 2 is 2.31 bits per heavy atom. The molecule has 2 aromatic rings. The highest BCUT2D eigenvalue weighted by atomic mass is 16.1. The van der Waals surface area contributed by atoms with E-state index in [1.165, 1.54) is 6.20 Å². The number of aromatic nitrogens is 4. The van der Waals surface area contributed by atoms with E-state index in [2.05, 4.69) is 20.2 Å². The van der Waals surface area contributed by atoms with Crippen LogP contribution in [-0.2, 0) is 6.42 Å². The average molecular weight is 176 g/mol. The van der Waals surface area contributed by atoms with Crippen molar-refractivity contribution in [1.29, 1.82) is 0 Å². The van der Waals surface area contributed by atoms with E-state index in [0.717, 1.165) is 12.1 Å². The van der Waals surface area contributed by atoms with Gasteiger partial charge in [0.05, 0.1) is 11.9 Å². The molecular formula is C8H8N4O. The van der Waals surface area contributed by atoms with Crippen LogP contribution in [0.15, 0.2) is 17.2 Å². The number of hydrogen-bond acceptors (Lipinski definition) is 4. The lowest BCUT2D eigenvalue weighted by Crippen LogP contribution is -2.10. The minimum Gasteiger partial charge on any atom is -0.265 e. The summed E-state index contributed by atoms with van der Waals surface area (Å²) in [6, 6.07) is 0. The summed E-state index contributed by atoms with van der Waals surface area (Å²) in [5.41, 5.74) is 1.40. The van der Waals surface area contributed by atoms with Gasteiger partial charge in [-0.05, 0) is 6.42 Å². The minimum absolute atomic E-state index is 0.291. The van der Waals surface area contributed by atoms with Crippen LogP contribution in [0.5, 0.6) is 0 Å². The highest BCUT2D eigenvalue weighted by molar-refractivity contribution is 5.71. The van der Waals surface area contributed by atoms with Gasteiger partial charge in [0.1, 0.15) is 5.52 Å². The summed E-state index contributed by atoms with van der Waals surface area (Å²) < 4.78 is 0. The molecule has 0 spiro atoms. The Bertz CT molecular complexity index is 491. The highest BCUT2D eigenvalue weighted by Gasteiger charge is 2.01. The predicted octanol–water partition coefficient (Wildman–Crippen LogP) is 0.275. The molecule has 0 aliphatic rings. The molecule has 1 N–H and O–H groups in total. The molecule has 0 aliphatic carbocycles. The number of aryl methyl sites for hydroxylation is 1. The SMILES string of the molecule is CCc1cnc2cn[nH]c(=O)c2n1. The maximum atomic E-state index is 11.2. The molecule has 0 saturated heterocycles. The Morgan fingerprint density at radius 1 is 1.46 bits per heavy atom. The number of nitrogens with zero attached hydrogens (tertiary/aromatic N) is 3. The van der Waals surface area contributed by atoms with Crippen LogP contribution in [0.2, 0.25) is 0 Å². The van der Waals surface area contributed by atoms with Gasteiger partial charge >= 0.3 is 0 Å². The van der Waals surface area contributed by atoms with Gasteiger partial charge in [-0.2, -0.15) is 5.10 Å². The zero-order valence-corrected chi connectivity index (χ0v) is 7.11. The Labute approximate surface area is 73.9 Å². The predicted molar refractivity (Wildman–Crippen MR) is 47.3 cm³/mol. The molecule has 2 heterocycles. The Hall–Kier alpha value is -1.78. The number of H-pyrrole nitrogens is 1. The molecule has 0 aliphatic heterocycles. The van der Waals surface area contributed by atoms with Crippen molar-refractivity contribution in [3.05, 3.63) is 28.4 Å². The van der Waals surface area contributed by atoms with Gasteiger partial charge in [-0.15, -0.1) is 0 Å². The lowest BCUT2D eigenvalue weighted by Gasteiger charge is -1.96. The molecule has 66 valence electrons. The zero-order valence-electron chi connectivity index (χ0n) is 7.11. The van der Waals surface area contributed by atoms with Gasteiger partial charge in [0.15, 0.2) is 5.52 Å². The van der Waals surface area contributed by atoms with Crippen molar-refractivity contribution in [2.24, 2.45) is 0 Å². The van der Waals surface area contributed by atoms with Crippen molar-refractivity contribution in [3.63, 3.8) is 0 Å². The van der Waals surface area contributed by atoms with Gasteiger partial charge in [0.2, 0.25) is 0 Å². The molecule has 5 nitrogen and oxygen atoms in total. The number of hydrogen-bond donors (Lipinski definition) is 1. The van der Waals surface area contributed by atoms with Crippen molar-refractivity contribution in [1.82, 2.24) is 20.2 Å². The fourth-order valence-electron chi connectivity index (χ4n) is 1.07. The van der Waals surface area contributed by atoms with Crippen LogP contribution >= 0.6 is 0 Å². The molecule has 0 unspecified atom stereocenters. The Morgan fingerprint density at radius 3 is 3.08 bits per heavy atom. The third kappa shape index (κ3) is 1.28. The maximum absolute atomic E-state index is 11.2. The van der Waals surface area contributed by atoms with E-state index in [-0.39, 0.29) is 5.56 Å². The quantitative estimate of drug-likeness (QED) is 0.677. The monoisotopic (exact) mass is 176 g/mol. The van der Waals surface area contributed by atoms with Crippen LogP contribution in [0.3, 0.4) is 0 Å². The molecule has 2 aromatic heterocycles. The van der Waals surface area contributed by atoms with E-state index >= 15 is 0 Å². The summed E-state index contributed by atoms with van der Waals surface area (Å²) in [5, 5.41) is 5.95. The lowest BCUT2D eigenvalue weighted by atomic mass is 10.3. The second-order valence-electron chi connectivity index (χ2n) is 2.65. The van der Waals surface area contributed by atoms with Crippen molar-refractivity contribution in [2.45, 2.75) is 13.3 Å². The van der Waals surface area contributed by atoms with E-state index in [1.807, 2.05) is 6.92 Å². The highest BCUT2D eigenvalue weighted by Crippen LogP contribution is 2.01. The third-order valence-electron chi connectivity index (χ3n) is 1.78. The first-order valence-corrected chi connectivity index (χ1v) is 4.00. The normalized spacial score (nSPS) is 10.5. The fraction of sp³-hybridized carbons (Fsp3) is 0.250. The summed E-state index contributed by atoms with van der Waals surface area (Å²) in [7, 11) is 0. The van der Waals surface area contributed by atoms with E-state index in [1.54, 1.807) is 6.20 Å². The molecule has 0 atom stereocenters. The van der Waals surface area contributed by atoms with Crippen LogP contribution in [0.1, 0.15) is 12.6 Å². The summed E-state index contributed by atoms with van der Waals surface area (Å²) >= 11 is 0. The zero-order chi connectivity index (χ0) is 9.26. The van der Waals surface area contributed by atoms with Crippen molar-refractivity contribution >= 4 is 11.0 Å². The largest absolute Gasteiger partial charge is 0.292 e. The summed E-state index contributed by atoms with van der Waals surface area (Å²) in [6.07, 6.45) is 3.91. The van der Waals surface area contributed by atoms with Crippen molar-refractivity contribution < 1.29 is 0 Å². The van der Waals surface area contributed by atoms with Gasteiger partial charge in [-0.1, -0.05) is 6.92 Å². The maximum Gasteiger partial charge on any atom is 0.292 e. The second-order valence-corrected chi connectivity index (χ2v) is 2.65. The van der Waals surface area contributed by atoms with Gasteiger partial charge in [-0.25, -0.2) is 10.1 Å². The second kappa shape index (κ2) is 2.93. The summed E-state index contributed by atoms with van der Waals surface area (Å²) in [4.78, 5) is 19.4. The molecule has 0 saturated carbocycles. The first-order valence-electron chi connectivity index (χ1n) is 4.00. The number of nitrogens with one attached hydrogen (secondary N) is 1. The standard InChI is InChI=1S/C8H8N4O/c1-2-5-3-9-6-4-10-12-8(13)7(6)11-5/h3-4H,2H2,1H3,(H,12,13). The van der Waals surface area contributed by atoms with Crippen LogP contribution in [-0.4, -0.2) is 20.2 Å². The van der Waals surface area contributed by atoms with Crippen molar-refractivity contribution in [3.8, 4) is 0 Å². The summed E-state index contributed by atoms with van der Waals surface area (Å²) in [6.45, 7) is 1.96. The van der Waals surface area contributed by atoms with E-state index in [4.69, 9.17) is 0 Å². The van der Waals surface area contributed by atoms with E-state index in [9.17, 15) is 4.79 Å². The van der Waals surface area contributed by atoms with Crippen LogP contribution in [0.25, 0.3) is 11.0 Å². The van der Waals surface area contributed by atoms with E-state index < -0.39 is 0 Å². The number of aromatic amines is 1. The topological polar surface area (TPSA) is 71.5 Å². The smallest absolute Gasteiger partial charge is 0.265 e. The molecule has 5 heteroatoms. The molecule has 2 rings (SSSR count). The van der Waals surface area contributed by atoms with Crippen LogP contribution in [0, 0.1) is 0 Å². The Kier molecular flexibility index (Phi) is 1.77. The molecule has 0 radical (unpaired) electrons. The summed E-state index contributed by atoms with van der Waals surface area (Å²) in [5.74, 6) is 0. The third-order valence-corrected chi connectivity index (χ3v) is 1.78. The Balaban J connectivity index is 2.82. The molecule has 0 fully saturated rings. The lowest BCUT2D eigenvalue weighted by molar-refractivity contribution is 0.971. The number of fused-ring (bicyclic) bond motifs is 1. The number of rotatable bonds is 1. The van der Waals surface area contributed by atoms with Gasteiger partial charge in [0, 0.05) is 6.20 Å². The van der Waals surface area contributed by atoms with E-state index in [0.29, 0.717) is 11.0 Å². The van der Waals surface area contributed by atoms with Crippen LogP contribution in [0.4, 0.5) is 0 Å². The average Bonchev–Trinajstić information content (AvgIpc) is 2.18. The first kappa shape index (κ1) is 7.85. The fourth-order valence-corrected chi connectivity index (χ4v) is 1.07. The first-order chi connectivity index (χ1) is 6.31. The van der Waals surface area contributed by atoms with Crippen molar-refractivity contribution in [2.75, 3.05) is 0 Å². The van der Waals surface area contributed by atoms with Gasteiger partial charge in [0.25, 0.3) is 5.56 Å². The molecule has 0 aromatic carbocycles. The molecule has 0 bridgehead atoms. The van der Waals surface area contributed by atoms with Crippen LogP contribution < -0.4 is 5.56 Å². The van der Waals surface area contributed by atoms with Gasteiger partial charge in [-0.3, -0.25) is 9.78 Å². The molecule has 0 amide bonds.